The molecule has 1 aliphatic rings. The molecule has 4 rings (SSSR count). The second kappa shape index (κ2) is 6.31. The van der Waals surface area contributed by atoms with Gasteiger partial charge in [-0.3, -0.25) is 9.78 Å². The fraction of sp³-hybridized carbons (Fsp3) is 0.278. The summed E-state index contributed by atoms with van der Waals surface area (Å²) < 4.78 is 5.28. The minimum Gasteiger partial charge on any atom is -0.368 e. The number of piperazine rings is 1. The lowest BCUT2D eigenvalue weighted by Gasteiger charge is -2.36. The highest BCUT2D eigenvalue weighted by Crippen LogP contribution is 2.20. The van der Waals surface area contributed by atoms with Crippen molar-refractivity contribution in [2.24, 2.45) is 0 Å². The van der Waals surface area contributed by atoms with E-state index in [0.717, 1.165) is 42.8 Å². The first-order chi connectivity index (χ1) is 11.8. The van der Waals surface area contributed by atoms with Crippen LogP contribution in [0.1, 0.15) is 5.69 Å². The molecule has 2 aromatic heterocycles. The van der Waals surface area contributed by atoms with Gasteiger partial charge in [0.05, 0.1) is 6.42 Å². The maximum atomic E-state index is 12.6. The lowest BCUT2D eigenvalue weighted by Crippen LogP contribution is -2.49. The predicted molar refractivity (Wildman–Crippen MR) is 90.7 cm³/mol. The number of anilines is 1. The topological polar surface area (TPSA) is 62.5 Å². The molecule has 1 amide bonds. The lowest BCUT2D eigenvalue weighted by molar-refractivity contribution is -0.130. The van der Waals surface area contributed by atoms with Crippen LogP contribution in [-0.2, 0) is 11.2 Å². The van der Waals surface area contributed by atoms with E-state index in [-0.39, 0.29) is 12.3 Å². The summed E-state index contributed by atoms with van der Waals surface area (Å²) in [5.74, 6) is 0.100. The van der Waals surface area contributed by atoms with E-state index in [1.54, 1.807) is 12.4 Å². The zero-order valence-corrected chi connectivity index (χ0v) is 13.3. The third-order valence-corrected chi connectivity index (χ3v) is 4.43. The van der Waals surface area contributed by atoms with Crippen LogP contribution in [-0.4, -0.2) is 47.1 Å². The zero-order valence-electron chi connectivity index (χ0n) is 13.3. The van der Waals surface area contributed by atoms with Gasteiger partial charge < -0.3 is 14.3 Å². The number of rotatable bonds is 3. The van der Waals surface area contributed by atoms with Crippen molar-refractivity contribution in [1.29, 1.82) is 0 Å². The molecular formula is C18H18N4O2. The number of carbonyl (C=O) groups is 1. The van der Waals surface area contributed by atoms with Gasteiger partial charge in [0.2, 0.25) is 5.91 Å². The van der Waals surface area contributed by atoms with Crippen LogP contribution in [0.5, 0.6) is 0 Å². The Bertz CT molecular complexity index is 838. The molecule has 0 N–H and O–H groups in total. The van der Waals surface area contributed by atoms with E-state index >= 15 is 0 Å². The highest BCUT2D eigenvalue weighted by Gasteiger charge is 2.23. The highest BCUT2D eigenvalue weighted by molar-refractivity contribution is 5.86. The Morgan fingerprint density at radius 3 is 2.58 bits per heavy atom. The fourth-order valence-electron chi connectivity index (χ4n) is 3.09. The molecule has 0 saturated carbocycles. The minimum absolute atomic E-state index is 0.100. The SMILES string of the molecule is O=C(Cc1noc2ccccc12)N1CCN(c2ccncc2)CC1. The standard InChI is InChI=1S/C18H18N4O2/c23-18(13-16-15-3-1-2-4-17(15)24-20-16)22-11-9-21(10-12-22)14-5-7-19-8-6-14/h1-8H,9-13H2. The van der Waals surface area contributed by atoms with Crippen LogP contribution in [0.3, 0.4) is 0 Å². The Morgan fingerprint density at radius 1 is 1.04 bits per heavy atom. The van der Waals surface area contributed by atoms with Gasteiger partial charge in [-0.1, -0.05) is 17.3 Å². The first kappa shape index (κ1) is 14.7. The number of pyridine rings is 1. The number of benzene rings is 1. The van der Waals surface area contributed by atoms with Crippen LogP contribution in [0, 0.1) is 0 Å². The molecule has 1 aliphatic heterocycles. The Kier molecular flexibility index (Phi) is 3.86. The minimum atomic E-state index is 0.100. The van der Waals surface area contributed by atoms with Gasteiger partial charge in [0, 0.05) is 49.6 Å². The molecule has 1 fully saturated rings. The zero-order chi connectivity index (χ0) is 16.4. The molecule has 0 spiro atoms. The third-order valence-electron chi connectivity index (χ3n) is 4.43. The summed E-state index contributed by atoms with van der Waals surface area (Å²) in [5.41, 5.74) is 2.59. The summed E-state index contributed by atoms with van der Waals surface area (Å²) in [4.78, 5) is 20.8. The summed E-state index contributed by atoms with van der Waals surface area (Å²) in [6.45, 7) is 3.10. The van der Waals surface area contributed by atoms with E-state index in [0.29, 0.717) is 5.69 Å². The molecule has 3 aromatic rings. The van der Waals surface area contributed by atoms with Crippen LogP contribution < -0.4 is 4.90 Å². The number of amides is 1. The molecule has 24 heavy (non-hydrogen) atoms. The summed E-state index contributed by atoms with van der Waals surface area (Å²) in [6.07, 6.45) is 3.87. The molecule has 1 aromatic carbocycles. The van der Waals surface area contributed by atoms with Gasteiger partial charge in [-0.05, 0) is 24.3 Å². The third kappa shape index (κ3) is 2.82. The number of hydrogen-bond acceptors (Lipinski definition) is 5. The number of carbonyl (C=O) groups excluding carboxylic acids is 1. The quantitative estimate of drug-likeness (QED) is 0.739. The Morgan fingerprint density at radius 2 is 1.79 bits per heavy atom. The van der Waals surface area contributed by atoms with Crippen molar-refractivity contribution in [2.45, 2.75) is 6.42 Å². The normalized spacial score (nSPS) is 15.0. The van der Waals surface area contributed by atoms with Gasteiger partial charge in [-0.15, -0.1) is 0 Å². The summed E-state index contributed by atoms with van der Waals surface area (Å²) in [5, 5.41) is 4.97. The van der Waals surface area contributed by atoms with Gasteiger partial charge in [-0.25, -0.2) is 0 Å². The average molecular weight is 322 g/mol. The molecule has 6 nitrogen and oxygen atoms in total. The molecule has 6 heteroatoms. The Hall–Kier alpha value is -2.89. The van der Waals surface area contributed by atoms with Crippen LogP contribution >= 0.6 is 0 Å². The molecule has 0 radical (unpaired) electrons. The summed E-state index contributed by atoms with van der Waals surface area (Å²) in [7, 11) is 0. The average Bonchev–Trinajstić information content (AvgIpc) is 3.06. The van der Waals surface area contributed by atoms with E-state index in [4.69, 9.17) is 4.52 Å². The first-order valence-corrected chi connectivity index (χ1v) is 8.07. The molecule has 122 valence electrons. The Balaban J connectivity index is 1.40. The molecule has 3 heterocycles. The van der Waals surface area contributed by atoms with Gasteiger partial charge in [0.1, 0.15) is 5.69 Å². The van der Waals surface area contributed by atoms with Crippen molar-refractivity contribution in [3.63, 3.8) is 0 Å². The van der Waals surface area contributed by atoms with Crippen molar-refractivity contribution in [3.05, 3.63) is 54.5 Å². The summed E-state index contributed by atoms with van der Waals surface area (Å²) in [6, 6.07) is 11.6. The van der Waals surface area contributed by atoms with Crippen LogP contribution in [0.4, 0.5) is 5.69 Å². The van der Waals surface area contributed by atoms with E-state index in [1.165, 1.54) is 0 Å². The molecule has 1 saturated heterocycles. The van der Waals surface area contributed by atoms with Gasteiger partial charge >= 0.3 is 0 Å². The van der Waals surface area contributed by atoms with Crippen molar-refractivity contribution in [3.8, 4) is 0 Å². The second-order valence-electron chi connectivity index (χ2n) is 5.88. The highest BCUT2D eigenvalue weighted by atomic mass is 16.5. The molecular weight excluding hydrogens is 304 g/mol. The number of aromatic nitrogens is 2. The number of hydrogen-bond donors (Lipinski definition) is 0. The van der Waals surface area contributed by atoms with E-state index in [1.807, 2.05) is 41.3 Å². The predicted octanol–water partition coefficient (Wildman–Crippen LogP) is 2.11. The van der Waals surface area contributed by atoms with Crippen LogP contribution in [0.15, 0.2) is 53.3 Å². The number of fused-ring (bicyclic) bond motifs is 1. The van der Waals surface area contributed by atoms with Crippen molar-refractivity contribution < 1.29 is 9.32 Å². The largest absolute Gasteiger partial charge is 0.368 e. The maximum Gasteiger partial charge on any atom is 0.228 e. The van der Waals surface area contributed by atoms with E-state index in [2.05, 4.69) is 15.0 Å². The number of nitrogens with zero attached hydrogens (tertiary/aromatic N) is 4. The van der Waals surface area contributed by atoms with Gasteiger partial charge in [-0.2, -0.15) is 0 Å². The second-order valence-corrected chi connectivity index (χ2v) is 5.88. The van der Waals surface area contributed by atoms with Crippen molar-refractivity contribution in [1.82, 2.24) is 15.0 Å². The first-order valence-electron chi connectivity index (χ1n) is 8.07. The summed E-state index contributed by atoms with van der Waals surface area (Å²) >= 11 is 0. The fourth-order valence-corrected chi connectivity index (χ4v) is 3.09. The molecule has 0 bridgehead atoms. The Labute approximate surface area is 139 Å². The molecule has 0 unspecified atom stereocenters. The smallest absolute Gasteiger partial charge is 0.228 e. The van der Waals surface area contributed by atoms with Crippen molar-refractivity contribution in [2.75, 3.05) is 31.1 Å². The monoisotopic (exact) mass is 322 g/mol. The van der Waals surface area contributed by atoms with Crippen LogP contribution in [0.2, 0.25) is 0 Å². The van der Waals surface area contributed by atoms with Gasteiger partial charge in [0.25, 0.3) is 0 Å². The van der Waals surface area contributed by atoms with Crippen molar-refractivity contribution >= 4 is 22.6 Å². The van der Waals surface area contributed by atoms with Crippen LogP contribution in [0.25, 0.3) is 11.0 Å². The molecule has 0 atom stereocenters. The molecule has 0 aliphatic carbocycles. The van der Waals surface area contributed by atoms with E-state index in [9.17, 15) is 4.79 Å². The van der Waals surface area contributed by atoms with Gasteiger partial charge in [0.15, 0.2) is 5.58 Å². The lowest BCUT2D eigenvalue weighted by atomic mass is 10.1. The number of para-hydroxylation sites is 1. The maximum absolute atomic E-state index is 12.6. The van der Waals surface area contributed by atoms with E-state index < -0.39 is 0 Å².